The monoisotopic (exact) mass is 279 g/mol. The van der Waals surface area contributed by atoms with Gasteiger partial charge in [-0.05, 0) is 37.4 Å². The Morgan fingerprint density at radius 2 is 2.06 bits per heavy atom. The maximum Gasteiger partial charge on any atom is 0.130 e. The fourth-order valence-electron chi connectivity index (χ4n) is 2.36. The first-order valence-corrected chi connectivity index (χ1v) is 6.45. The Balaban J connectivity index is 1.94. The minimum Gasteiger partial charge on any atom is -0.482 e. The van der Waals surface area contributed by atoms with Crippen LogP contribution in [-0.2, 0) is 0 Å². The lowest BCUT2D eigenvalue weighted by Crippen LogP contribution is -2.45. The predicted octanol–water partition coefficient (Wildman–Crippen LogP) is 2.98. The maximum atomic E-state index is 6.17. The van der Waals surface area contributed by atoms with Crippen LogP contribution in [0.5, 0.6) is 5.75 Å². The number of hydrogen-bond donors (Lipinski definition) is 1. The molecule has 0 aromatic heterocycles. The number of benzene rings is 1. The van der Waals surface area contributed by atoms with Gasteiger partial charge >= 0.3 is 0 Å². The zero-order valence-corrected chi connectivity index (χ0v) is 10.6. The summed E-state index contributed by atoms with van der Waals surface area (Å²) in [5.41, 5.74) is 1.10. The molecule has 0 bridgehead atoms. The minimum atomic E-state index is -0.0634. The molecule has 1 aromatic carbocycles. The van der Waals surface area contributed by atoms with E-state index in [9.17, 15) is 0 Å². The van der Waals surface area contributed by atoms with Crippen LogP contribution < -0.4 is 10.1 Å². The van der Waals surface area contributed by atoms with Gasteiger partial charge in [0.1, 0.15) is 11.4 Å². The number of halogens is 1. The lowest BCUT2D eigenvalue weighted by Gasteiger charge is -2.38. The van der Waals surface area contributed by atoms with E-state index in [1.54, 1.807) is 0 Å². The topological polar surface area (TPSA) is 21.3 Å². The summed E-state index contributed by atoms with van der Waals surface area (Å²) in [6.45, 7) is 2.08. The summed E-state index contributed by atoms with van der Waals surface area (Å²) in [7, 11) is 0. The second-order valence-corrected chi connectivity index (χ2v) is 5.35. The van der Waals surface area contributed by atoms with Gasteiger partial charge in [0.2, 0.25) is 0 Å². The molecule has 0 radical (unpaired) electrons. The molecule has 0 saturated carbocycles. The van der Waals surface area contributed by atoms with Gasteiger partial charge in [0.15, 0.2) is 0 Å². The maximum absolute atomic E-state index is 6.17. The predicted molar refractivity (Wildman–Crippen MR) is 68.6 cm³/mol. The molecule has 2 aliphatic rings. The molecule has 3 rings (SSSR count). The van der Waals surface area contributed by atoms with Crippen molar-refractivity contribution in [1.29, 1.82) is 0 Å². The highest BCUT2D eigenvalue weighted by Gasteiger charge is 2.34. The molecule has 1 N–H and O–H groups in total. The van der Waals surface area contributed by atoms with Crippen LogP contribution in [0.1, 0.15) is 18.4 Å². The van der Waals surface area contributed by atoms with Crippen LogP contribution in [-0.4, -0.2) is 18.7 Å². The molecule has 2 heterocycles. The first kappa shape index (κ1) is 10.4. The number of ether oxygens (including phenoxy) is 1. The van der Waals surface area contributed by atoms with Gasteiger partial charge in [-0.25, -0.2) is 0 Å². The normalized spacial score (nSPS) is 21.6. The van der Waals surface area contributed by atoms with Crippen molar-refractivity contribution < 1.29 is 4.74 Å². The molecule has 2 aliphatic heterocycles. The highest BCUT2D eigenvalue weighted by molar-refractivity contribution is 9.10. The number of piperidine rings is 1. The molecule has 0 atom stereocenters. The molecule has 84 valence electrons. The van der Waals surface area contributed by atoms with Crippen LogP contribution in [0, 0.1) is 0 Å². The molecular weight excluding hydrogens is 266 g/mol. The van der Waals surface area contributed by atoms with Crippen molar-refractivity contribution in [2.45, 2.75) is 18.4 Å². The van der Waals surface area contributed by atoms with E-state index in [2.05, 4.69) is 39.5 Å². The van der Waals surface area contributed by atoms with Crippen LogP contribution in [0.2, 0.25) is 0 Å². The zero-order chi connectivity index (χ0) is 11.0. The Bertz CT molecular complexity index is 436. The summed E-state index contributed by atoms with van der Waals surface area (Å²) in [6, 6.07) is 6.18. The molecule has 2 nitrogen and oxygen atoms in total. The first-order valence-electron chi connectivity index (χ1n) is 5.66. The number of nitrogens with one attached hydrogen (secondary N) is 1. The lowest BCUT2D eigenvalue weighted by molar-refractivity contribution is 0.0823. The van der Waals surface area contributed by atoms with Crippen LogP contribution in [0.15, 0.2) is 28.7 Å². The van der Waals surface area contributed by atoms with Gasteiger partial charge in [0.25, 0.3) is 0 Å². The van der Waals surface area contributed by atoms with Gasteiger partial charge < -0.3 is 10.1 Å². The summed E-state index contributed by atoms with van der Waals surface area (Å²) in [5, 5.41) is 3.37. The average molecular weight is 280 g/mol. The Kier molecular flexibility index (Phi) is 2.52. The van der Waals surface area contributed by atoms with Crippen LogP contribution >= 0.6 is 15.9 Å². The molecule has 16 heavy (non-hydrogen) atoms. The molecule has 1 saturated heterocycles. The van der Waals surface area contributed by atoms with Gasteiger partial charge in [0, 0.05) is 22.9 Å². The molecule has 3 heteroatoms. The van der Waals surface area contributed by atoms with Crippen molar-refractivity contribution in [2.75, 3.05) is 13.1 Å². The van der Waals surface area contributed by atoms with Gasteiger partial charge in [-0.15, -0.1) is 0 Å². The van der Waals surface area contributed by atoms with Gasteiger partial charge in [-0.3, -0.25) is 0 Å². The SMILES string of the molecule is Brc1ccc2c(c1)C=CC1(CCNCC1)O2. The van der Waals surface area contributed by atoms with E-state index in [4.69, 9.17) is 4.74 Å². The van der Waals surface area contributed by atoms with E-state index in [1.807, 2.05) is 12.1 Å². The van der Waals surface area contributed by atoms with E-state index in [-0.39, 0.29) is 5.60 Å². The minimum absolute atomic E-state index is 0.0634. The molecule has 1 aromatic rings. The van der Waals surface area contributed by atoms with E-state index in [1.165, 1.54) is 5.56 Å². The van der Waals surface area contributed by atoms with Crippen molar-refractivity contribution in [3.05, 3.63) is 34.3 Å². The van der Waals surface area contributed by atoms with Crippen molar-refractivity contribution in [2.24, 2.45) is 0 Å². The Labute approximate surface area is 104 Å². The number of rotatable bonds is 0. The molecule has 1 spiro atoms. The first-order chi connectivity index (χ1) is 7.77. The highest BCUT2D eigenvalue weighted by atomic mass is 79.9. The summed E-state index contributed by atoms with van der Waals surface area (Å²) in [5.74, 6) is 1.01. The van der Waals surface area contributed by atoms with Crippen molar-refractivity contribution >= 4 is 22.0 Å². The Morgan fingerprint density at radius 3 is 2.88 bits per heavy atom. The quantitative estimate of drug-likeness (QED) is 0.789. The van der Waals surface area contributed by atoms with E-state index < -0.39 is 0 Å². The fraction of sp³-hybridized carbons (Fsp3) is 0.385. The second-order valence-electron chi connectivity index (χ2n) is 4.43. The van der Waals surface area contributed by atoms with E-state index in [0.717, 1.165) is 36.2 Å². The molecule has 0 amide bonds. The third-order valence-electron chi connectivity index (χ3n) is 3.30. The third-order valence-corrected chi connectivity index (χ3v) is 3.79. The van der Waals surface area contributed by atoms with E-state index in [0.29, 0.717) is 0 Å². The zero-order valence-electron chi connectivity index (χ0n) is 9.00. The van der Waals surface area contributed by atoms with Crippen LogP contribution in [0.4, 0.5) is 0 Å². The summed E-state index contributed by atoms with van der Waals surface area (Å²) < 4.78 is 7.27. The van der Waals surface area contributed by atoms with Crippen molar-refractivity contribution in [1.82, 2.24) is 5.32 Å². The summed E-state index contributed by atoms with van der Waals surface area (Å²) in [4.78, 5) is 0. The lowest BCUT2D eigenvalue weighted by atomic mass is 9.89. The largest absolute Gasteiger partial charge is 0.482 e. The molecular formula is C13H14BrNO. The standard InChI is InChI=1S/C13H14BrNO/c14-11-1-2-12-10(9-11)3-4-13(16-12)5-7-15-8-6-13/h1-4,9,15H,5-8H2. The molecule has 0 aliphatic carbocycles. The second kappa shape index (κ2) is 3.90. The van der Waals surface area contributed by atoms with Crippen LogP contribution in [0.3, 0.4) is 0 Å². The van der Waals surface area contributed by atoms with Gasteiger partial charge in [0.05, 0.1) is 0 Å². The Hall–Kier alpha value is -0.800. The summed E-state index contributed by atoms with van der Waals surface area (Å²) >= 11 is 3.48. The fourth-order valence-corrected chi connectivity index (χ4v) is 2.73. The van der Waals surface area contributed by atoms with Crippen molar-refractivity contribution in [3.8, 4) is 5.75 Å². The van der Waals surface area contributed by atoms with Gasteiger partial charge in [-0.1, -0.05) is 22.0 Å². The Morgan fingerprint density at radius 1 is 1.25 bits per heavy atom. The summed E-state index contributed by atoms with van der Waals surface area (Å²) in [6.07, 6.45) is 6.52. The van der Waals surface area contributed by atoms with Crippen LogP contribution in [0.25, 0.3) is 6.08 Å². The number of hydrogen-bond acceptors (Lipinski definition) is 2. The number of fused-ring (bicyclic) bond motifs is 1. The van der Waals surface area contributed by atoms with Crippen molar-refractivity contribution in [3.63, 3.8) is 0 Å². The van der Waals surface area contributed by atoms with Gasteiger partial charge in [-0.2, -0.15) is 0 Å². The molecule has 0 unspecified atom stereocenters. The van der Waals surface area contributed by atoms with E-state index >= 15 is 0 Å². The third kappa shape index (κ3) is 1.78. The molecule has 1 fully saturated rings. The smallest absolute Gasteiger partial charge is 0.130 e. The highest BCUT2D eigenvalue weighted by Crippen LogP contribution is 2.36. The average Bonchev–Trinajstić information content (AvgIpc) is 2.31.